The smallest absolute Gasteiger partial charge is 0.340 e. The van der Waals surface area contributed by atoms with Crippen molar-refractivity contribution in [2.45, 2.75) is 44.2 Å². The predicted molar refractivity (Wildman–Crippen MR) is 98.6 cm³/mol. The van der Waals surface area contributed by atoms with Gasteiger partial charge >= 0.3 is 5.97 Å². The van der Waals surface area contributed by atoms with Crippen molar-refractivity contribution in [3.63, 3.8) is 0 Å². The number of thioether (sulfide) groups is 1. The number of nitrogens with one attached hydrogen (secondary N) is 1. The highest BCUT2D eigenvalue weighted by Gasteiger charge is 2.24. The van der Waals surface area contributed by atoms with Gasteiger partial charge in [-0.05, 0) is 39.8 Å². The van der Waals surface area contributed by atoms with Crippen molar-refractivity contribution < 1.29 is 19.1 Å². The summed E-state index contributed by atoms with van der Waals surface area (Å²) in [4.78, 5) is 38.3. The third-order valence-electron chi connectivity index (χ3n) is 3.11. The summed E-state index contributed by atoms with van der Waals surface area (Å²) < 4.78 is 5.28. The van der Waals surface area contributed by atoms with Crippen LogP contribution in [-0.2, 0) is 14.3 Å². The third kappa shape index (κ3) is 7.17. The predicted octanol–water partition coefficient (Wildman–Crippen LogP) is 2.33. The Bertz CT molecular complexity index is 638. The van der Waals surface area contributed by atoms with Crippen LogP contribution in [0, 0.1) is 0 Å². The van der Waals surface area contributed by atoms with E-state index in [9.17, 15) is 14.4 Å². The first-order chi connectivity index (χ1) is 11.5. The van der Waals surface area contributed by atoms with Gasteiger partial charge in [0.05, 0.1) is 11.3 Å². The van der Waals surface area contributed by atoms with E-state index in [2.05, 4.69) is 5.32 Å². The lowest BCUT2D eigenvalue weighted by Crippen LogP contribution is -2.46. The van der Waals surface area contributed by atoms with Crippen LogP contribution in [0.25, 0.3) is 0 Å². The van der Waals surface area contributed by atoms with Gasteiger partial charge in [-0.2, -0.15) is 0 Å². The Hall–Kier alpha value is -2.02. The Labute approximate surface area is 153 Å². The van der Waals surface area contributed by atoms with Crippen molar-refractivity contribution in [2.75, 3.05) is 19.8 Å². The zero-order valence-electron chi connectivity index (χ0n) is 15.6. The minimum atomic E-state index is -0.909. The highest BCUT2D eigenvalue weighted by atomic mass is 32.2. The lowest BCUT2D eigenvalue weighted by Gasteiger charge is -2.23. The van der Waals surface area contributed by atoms with Crippen molar-refractivity contribution >= 4 is 29.5 Å². The molecule has 0 aromatic heterocycles. The molecule has 1 rings (SSSR count). The fourth-order valence-electron chi connectivity index (χ4n) is 1.78. The third-order valence-corrected chi connectivity index (χ3v) is 4.17. The van der Waals surface area contributed by atoms with Gasteiger partial charge in [0.25, 0.3) is 5.91 Å². The first kappa shape index (κ1) is 21.0. The molecule has 0 unspecified atom stereocenters. The summed E-state index contributed by atoms with van der Waals surface area (Å²) in [5.74, 6) is -0.769. The minimum Gasteiger partial charge on any atom is -0.449 e. The van der Waals surface area contributed by atoms with Crippen LogP contribution in [0.15, 0.2) is 29.2 Å². The van der Waals surface area contributed by atoms with Crippen LogP contribution in [0.4, 0.5) is 0 Å². The number of carbonyl (C=O) groups excluding carboxylic acids is 3. The molecule has 0 saturated carbocycles. The van der Waals surface area contributed by atoms with Gasteiger partial charge in [0.15, 0.2) is 6.10 Å². The maximum atomic E-state index is 12.4. The van der Waals surface area contributed by atoms with E-state index in [0.717, 1.165) is 0 Å². The van der Waals surface area contributed by atoms with E-state index in [1.807, 2.05) is 20.8 Å². The molecule has 0 spiro atoms. The van der Waals surface area contributed by atoms with Crippen LogP contribution in [0.2, 0.25) is 0 Å². The summed E-state index contributed by atoms with van der Waals surface area (Å²) in [6, 6.07) is 6.88. The van der Waals surface area contributed by atoms with E-state index in [1.54, 1.807) is 38.4 Å². The standard InChI is InChI=1S/C18H26N2O4S/c1-12(16(22)19-18(2,3)4)24-17(23)13-9-7-8-10-14(13)25-11-15(21)20(5)6/h7-10,12H,11H2,1-6H3,(H,19,22)/t12-/m1/s1. The van der Waals surface area contributed by atoms with Crippen LogP contribution in [0.5, 0.6) is 0 Å². The van der Waals surface area contributed by atoms with E-state index in [1.165, 1.54) is 23.6 Å². The number of carbonyl (C=O) groups is 3. The monoisotopic (exact) mass is 366 g/mol. The summed E-state index contributed by atoms with van der Waals surface area (Å²) in [7, 11) is 3.36. The summed E-state index contributed by atoms with van der Waals surface area (Å²) in [5.41, 5.74) is -0.0626. The largest absolute Gasteiger partial charge is 0.449 e. The Morgan fingerprint density at radius 2 is 1.80 bits per heavy atom. The number of hydrogen-bond acceptors (Lipinski definition) is 5. The number of esters is 1. The zero-order chi connectivity index (χ0) is 19.2. The molecule has 1 N–H and O–H groups in total. The molecule has 2 amide bonds. The molecule has 1 aromatic rings. The van der Waals surface area contributed by atoms with E-state index in [4.69, 9.17) is 4.74 Å². The number of ether oxygens (including phenoxy) is 1. The van der Waals surface area contributed by atoms with Crippen molar-refractivity contribution in [1.29, 1.82) is 0 Å². The molecular weight excluding hydrogens is 340 g/mol. The molecule has 138 valence electrons. The van der Waals surface area contributed by atoms with Gasteiger partial charge in [-0.25, -0.2) is 4.79 Å². The van der Waals surface area contributed by atoms with E-state index < -0.39 is 17.6 Å². The van der Waals surface area contributed by atoms with Gasteiger partial charge in [-0.1, -0.05) is 12.1 Å². The van der Waals surface area contributed by atoms with Gasteiger partial charge in [0, 0.05) is 24.5 Å². The molecule has 0 bridgehead atoms. The van der Waals surface area contributed by atoms with Crippen LogP contribution in [-0.4, -0.2) is 54.2 Å². The SMILES string of the molecule is C[C@@H](OC(=O)c1ccccc1SCC(=O)N(C)C)C(=O)NC(C)(C)C. The van der Waals surface area contributed by atoms with E-state index >= 15 is 0 Å². The molecule has 0 aliphatic rings. The Kier molecular flexibility index (Phi) is 7.48. The van der Waals surface area contributed by atoms with Gasteiger partial charge < -0.3 is 15.0 Å². The zero-order valence-corrected chi connectivity index (χ0v) is 16.4. The molecule has 25 heavy (non-hydrogen) atoms. The van der Waals surface area contributed by atoms with Gasteiger partial charge in [0.1, 0.15) is 0 Å². The van der Waals surface area contributed by atoms with Crippen LogP contribution in [0.3, 0.4) is 0 Å². The average Bonchev–Trinajstić information content (AvgIpc) is 2.50. The van der Waals surface area contributed by atoms with Crippen LogP contribution < -0.4 is 5.32 Å². The summed E-state index contributed by atoms with van der Waals surface area (Å²) in [5, 5.41) is 2.77. The minimum absolute atomic E-state index is 0.0499. The maximum absolute atomic E-state index is 12.4. The number of amides is 2. The fourth-order valence-corrected chi connectivity index (χ4v) is 2.80. The molecule has 0 fully saturated rings. The second kappa shape index (κ2) is 8.89. The molecular formula is C18H26N2O4S. The van der Waals surface area contributed by atoms with Crippen LogP contribution in [0.1, 0.15) is 38.1 Å². The van der Waals surface area contributed by atoms with E-state index in [0.29, 0.717) is 10.5 Å². The molecule has 6 nitrogen and oxygen atoms in total. The number of hydrogen-bond donors (Lipinski definition) is 1. The molecule has 0 aliphatic carbocycles. The molecule has 1 atom stereocenters. The van der Waals surface area contributed by atoms with E-state index in [-0.39, 0.29) is 17.6 Å². The Morgan fingerprint density at radius 1 is 1.20 bits per heavy atom. The lowest BCUT2D eigenvalue weighted by atomic mass is 10.1. The normalized spacial score (nSPS) is 12.2. The Morgan fingerprint density at radius 3 is 2.36 bits per heavy atom. The molecule has 7 heteroatoms. The van der Waals surface area contributed by atoms with Crippen LogP contribution >= 0.6 is 11.8 Å². The lowest BCUT2D eigenvalue weighted by molar-refractivity contribution is -0.130. The second-order valence-electron chi connectivity index (χ2n) is 6.86. The van der Waals surface area contributed by atoms with Crippen molar-refractivity contribution in [1.82, 2.24) is 10.2 Å². The van der Waals surface area contributed by atoms with Crippen molar-refractivity contribution in [3.05, 3.63) is 29.8 Å². The topological polar surface area (TPSA) is 75.7 Å². The summed E-state index contributed by atoms with van der Waals surface area (Å²) in [6.07, 6.45) is -0.909. The molecule has 0 saturated heterocycles. The van der Waals surface area contributed by atoms with Gasteiger partial charge in [0.2, 0.25) is 5.91 Å². The second-order valence-corrected chi connectivity index (χ2v) is 7.88. The average molecular weight is 366 g/mol. The highest BCUT2D eigenvalue weighted by Crippen LogP contribution is 2.24. The fraction of sp³-hybridized carbons (Fsp3) is 0.500. The summed E-state index contributed by atoms with van der Waals surface area (Å²) in [6.45, 7) is 7.09. The van der Waals surface area contributed by atoms with Crippen molar-refractivity contribution in [3.8, 4) is 0 Å². The summed E-state index contributed by atoms with van der Waals surface area (Å²) >= 11 is 1.26. The quantitative estimate of drug-likeness (QED) is 0.618. The Balaban J connectivity index is 2.78. The van der Waals surface area contributed by atoms with Gasteiger partial charge in [-0.15, -0.1) is 11.8 Å². The maximum Gasteiger partial charge on any atom is 0.340 e. The number of rotatable bonds is 6. The van der Waals surface area contributed by atoms with Gasteiger partial charge in [-0.3, -0.25) is 9.59 Å². The molecule has 0 radical (unpaired) electrons. The molecule has 0 aliphatic heterocycles. The first-order valence-corrected chi connectivity index (χ1v) is 8.95. The molecule has 0 heterocycles. The highest BCUT2D eigenvalue weighted by molar-refractivity contribution is 8.00. The number of benzene rings is 1. The first-order valence-electron chi connectivity index (χ1n) is 7.96. The molecule has 1 aromatic carbocycles. The van der Waals surface area contributed by atoms with Crippen molar-refractivity contribution in [2.24, 2.45) is 0 Å². The number of nitrogens with zero attached hydrogens (tertiary/aromatic N) is 1.